The lowest BCUT2D eigenvalue weighted by molar-refractivity contribution is -0.146. The van der Waals surface area contributed by atoms with Crippen molar-refractivity contribution in [1.82, 2.24) is 4.90 Å². The van der Waals surface area contributed by atoms with Crippen molar-refractivity contribution in [3.63, 3.8) is 0 Å². The number of carbonyl (C=O) groups is 2. The summed E-state index contributed by atoms with van der Waals surface area (Å²) in [5, 5.41) is 0. The van der Waals surface area contributed by atoms with Gasteiger partial charge in [-0.15, -0.1) is 0 Å². The van der Waals surface area contributed by atoms with Gasteiger partial charge in [-0.25, -0.2) is 0 Å². The van der Waals surface area contributed by atoms with E-state index >= 15 is 0 Å². The van der Waals surface area contributed by atoms with Gasteiger partial charge < -0.3 is 9.64 Å². The molecule has 0 N–H and O–H groups in total. The zero-order valence-electron chi connectivity index (χ0n) is 12.2. The van der Waals surface area contributed by atoms with Crippen LogP contribution < -0.4 is 0 Å². The Balaban J connectivity index is 4.76. The van der Waals surface area contributed by atoms with Crippen LogP contribution in [0.5, 0.6) is 0 Å². The molecule has 0 aromatic rings. The lowest BCUT2D eigenvalue weighted by Gasteiger charge is -2.24. The van der Waals surface area contributed by atoms with Crippen molar-refractivity contribution in [3.05, 3.63) is 11.6 Å². The summed E-state index contributed by atoms with van der Waals surface area (Å²) in [4.78, 5) is 24.9. The summed E-state index contributed by atoms with van der Waals surface area (Å²) in [5.74, 6) is -0.0760. The summed E-state index contributed by atoms with van der Waals surface area (Å²) < 4.78 is 4.63. The number of methoxy groups -OCH3 is 1. The third-order valence-corrected chi connectivity index (χ3v) is 2.90. The maximum absolute atomic E-state index is 12.0. The Labute approximate surface area is 110 Å². The van der Waals surface area contributed by atoms with Gasteiger partial charge in [0.15, 0.2) is 0 Å². The molecule has 0 unspecified atom stereocenters. The molecule has 0 radical (unpaired) electrons. The van der Waals surface area contributed by atoms with Crippen molar-refractivity contribution >= 4 is 11.9 Å². The van der Waals surface area contributed by atoms with Crippen LogP contribution in [0.15, 0.2) is 11.6 Å². The molecule has 0 aliphatic heterocycles. The molecular formula is C14H25NO3. The number of amides is 1. The maximum Gasteiger partial charge on any atom is 0.325 e. The number of allylic oxidation sites excluding steroid dienone is 1. The van der Waals surface area contributed by atoms with Gasteiger partial charge in [-0.2, -0.15) is 0 Å². The van der Waals surface area contributed by atoms with Crippen molar-refractivity contribution < 1.29 is 14.3 Å². The Hall–Kier alpha value is -1.32. The van der Waals surface area contributed by atoms with Gasteiger partial charge in [0, 0.05) is 12.6 Å². The van der Waals surface area contributed by atoms with Gasteiger partial charge in [0.05, 0.1) is 7.11 Å². The minimum Gasteiger partial charge on any atom is -0.468 e. The van der Waals surface area contributed by atoms with Crippen LogP contribution in [0.25, 0.3) is 0 Å². The van der Waals surface area contributed by atoms with E-state index in [4.69, 9.17) is 0 Å². The zero-order valence-corrected chi connectivity index (χ0v) is 12.2. The van der Waals surface area contributed by atoms with Crippen LogP contribution in [0.4, 0.5) is 0 Å². The molecule has 0 aromatic carbocycles. The lowest BCUT2D eigenvalue weighted by atomic mass is 10.0. The van der Waals surface area contributed by atoms with Crippen molar-refractivity contribution in [1.29, 1.82) is 0 Å². The van der Waals surface area contributed by atoms with Crippen molar-refractivity contribution in [2.75, 3.05) is 20.2 Å². The summed E-state index contributed by atoms with van der Waals surface area (Å²) in [6, 6.07) is 0. The second-order valence-corrected chi connectivity index (χ2v) is 4.70. The molecule has 0 aliphatic carbocycles. The fraction of sp³-hybridized carbons (Fsp3) is 0.714. The molecule has 0 aliphatic rings. The summed E-state index contributed by atoms with van der Waals surface area (Å²) in [5.41, 5.74) is 0.930. The number of hydrogen-bond donors (Lipinski definition) is 0. The van der Waals surface area contributed by atoms with Crippen LogP contribution in [0.1, 0.15) is 40.5 Å². The molecule has 1 amide bonds. The smallest absolute Gasteiger partial charge is 0.325 e. The van der Waals surface area contributed by atoms with E-state index in [1.807, 2.05) is 13.8 Å². The van der Waals surface area contributed by atoms with Crippen molar-refractivity contribution in [3.8, 4) is 0 Å². The van der Waals surface area contributed by atoms with E-state index in [1.54, 1.807) is 11.0 Å². The first-order valence-electron chi connectivity index (χ1n) is 6.45. The first-order chi connectivity index (χ1) is 8.44. The minimum absolute atomic E-state index is 0.0234. The normalized spacial score (nSPS) is 10.1. The highest BCUT2D eigenvalue weighted by Gasteiger charge is 2.18. The second kappa shape index (κ2) is 8.72. The number of esters is 1. The van der Waals surface area contributed by atoms with E-state index in [1.165, 1.54) is 7.11 Å². The van der Waals surface area contributed by atoms with E-state index < -0.39 is 0 Å². The highest BCUT2D eigenvalue weighted by Crippen LogP contribution is 2.11. The first-order valence-corrected chi connectivity index (χ1v) is 6.45. The molecule has 0 atom stereocenters. The molecule has 0 saturated heterocycles. The Morgan fingerprint density at radius 2 is 1.78 bits per heavy atom. The highest BCUT2D eigenvalue weighted by atomic mass is 16.5. The average Bonchev–Trinajstić information content (AvgIpc) is 2.33. The van der Waals surface area contributed by atoms with Crippen LogP contribution in [-0.2, 0) is 14.3 Å². The molecule has 0 aromatic heterocycles. The van der Waals surface area contributed by atoms with Gasteiger partial charge in [-0.1, -0.05) is 32.3 Å². The van der Waals surface area contributed by atoms with Crippen LogP contribution in [0.2, 0.25) is 0 Å². The van der Waals surface area contributed by atoms with Gasteiger partial charge in [0.25, 0.3) is 0 Å². The molecule has 18 heavy (non-hydrogen) atoms. The predicted octanol–water partition coefficient (Wildman–Crippen LogP) is 2.39. The predicted molar refractivity (Wildman–Crippen MR) is 72.1 cm³/mol. The highest BCUT2D eigenvalue weighted by molar-refractivity contribution is 5.90. The Morgan fingerprint density at radius 3 is 2.17 bits per heavy atom. The van der Waals surface area contributed by atoms with E-state index in [9.17, 15) is 9.59 Å². The Kier molecular flexibility index (Phi) is 8.08. The molecule has 4 heteroatoms. The topological polar surface area (TPSA) is 46.6 Å². The van der Waals surface area contributed by atoms with Crippen molar-refractivity contribution in [2.24, 2.45) is 5.92 Å². The number of ether oxygens (including phenoxy) is 1. The summed E-state index contributed by atoms with van der Waals surface area (Å²) in [6.07, 6.45) is 3.55. The van der Waals surface area contributed by atoms with Crippen LogP contribution >= 0.6 is 0 Å². The summed E-state index contributed by atoms with van der Waals surface area (Å²) >= 11 is 0. The fourth-order valence-corrected chi connectivity index (χ4v) is 1.65. The Morgan fingerprint density at radius 1 is 1.22 bits per heavy atom. The average molecular weight is 255 g/mol. The number of hydrogen-bond acceptors (Lipinski definition) is 3. The van der Waals surface area contributed by atoms with E-state index in [0.29, 0.717) is 12.5 Å². The minimum atomic E-state index is -0.378. The monoisotopic (exact) mass is 255 g/mol. The largest absolute Gasteiger partial charge is 0.468 e. The molecule has 104 valence electrons. The molecule has 0 saturated carbocycles. The third-order valence-electron chi connectivity index (χ3n) is 2.90. The van der Waals surface area contributed by atoms with Gasteiger partial charge in [-0.3, -0.25) is 9.59 Å². The van der Waals surface area contributed by atoms with E-state index in [-0.39, 0.29) is 18.4 Å². The van der Waals surface area contributed by atoms with Gasteiger partial charge in [0.2, 0.25) is 5.91 Å². The lowest BCUT2D eigenvalue weighted by Crippen LogP contribution is -2.38. The van der Waals surface area contributed by atoms with Gasteiger partial charge in [0.1, 0.15) is 6.54 Å². The van der Waals surface area contributed by atoms with Crippen LogP contribution in [-0.4, -0.2) is 37.0 Å². The molecule has 0 spiro atoms. The molecule has 4 nitrogen and oxygen atoms in total. The molecular weight excluding hydrogens is 230 g/mol. The summed E-state index contributed by atoms with van der Waals surface area (Å²) in [7, 11) is 1.34. The number of carbonyl (C=O) groups excluding carboxylic acids is 2. The quantitative estimate of drug-likeness (QED) is 0.518. The first kappa shape index (κ1) is 16.7. The number of rotatable bonds is 7. The van der Waals surface area contributed by atoms with Crippen molar-refractivity contribution in [2.45, 2.75) is 40.5 Å². The zero-order chi connectivity index (χ0) is 14.1. The van der Waals surface area contributed by atoms with E-state index in [0.717, 1.165) is 18.4 Å². The molecule has 0 rings (SSSR count). The van der Waals surface area contributed by atoms with Gasteiger partial charge in [-0.05, 0) is 19.8 Å². The van der Waals surface area contributed by atoms with Crippen LogP contribution in [0.3, 0.4) is 0 Å². The second-order valence-electron chi connectivity index (χ2n) is 4.70. The van der Waals surface area contributed by atoms with Crippen LogP contribution in [0, 0.1) is 5.92 Å². The summed E-state index contributed by atoms with van der Waals surface area (Å²) in [6.45, 7) is 8.54. The maximum atomic E-state index is 12.0. The molecule has 0 bridgehead atoms. The Bertz CT molecular complexity index is 302. The fourth-order valence-electron chi connectivity index (χ4n) is 1.65. The van der Waals surface area contributed by atoms with E-state index in [2.05, 4.69) is 18.6 Å². The van der Waals surface area contributed by atoms with Gasteiger partial charge >= 0.3 is 5.97 Å². The third kappa shape index (κ3) is 6.42. The number of nitrogens with zero attached hydrogens (tertiary/aromatic N) is 1. The SMILES string of the molecule is CCC(CC)CN(CC(=O)OC)C(=O)C=C(C)C. The standard InChI is InChI=1S/C14H25NO3/c1-6-12(7-2)9-15(10-14(17)18-5)13(16)8-11(3)4/h8,12H,6-7,9-10H2,1-5H3. The molecule has 0 heterocycles. The molecule has 0 fully saturated rings.